The van der Waals surface area contributed by atoms with Crippen LogP contribution in [-0.4, -0.2) is 29.0 Å². The third-order valence-corrected chi connectivity index (χ3v) is 7.39. The van der Waals surface area contributed by atoms with Gasteiger partial charge in [-0.05, 0) is 11.8 Å². The SMILES string of the molecule is CC[C@@](Br)([C@H](O)C(C)(C)C)S(=O)(=O)CC. The van der Waals surface area contributed by atoms with Crippen molar-refractivity contribution in [2.75, 3.05) is 5.75 Å². The summed E-state index contributed by atoms with van der Waals surface area (Å²) < 4.78 is 22.6. The van der Waals surface area contributed by atoms with E-state index in [0.29, 0.717) is 6.42 Å². The molecule has 0 rings (SSSR count). The van der Waals surface area contributed by atoms with E-state index in [0.717, 1.165) is 0 Å². The molecule has 0 aromatic carbocycles. The molecular formula is C10H21BrO3S. The predicted octanol–water partition coefficient (Wildman–Crippen LogP) is 2.33. The fraction of sp³-hybridized carbons (Fsp3) is 1.00. The third-order valence-electron chi connectivity index (χ3n) is 2.61. The molecule has 0 aliphatic heterocycles. The van der Waals surface area contributed by atoms with Crippen LogP contribution in [0.5, 0.6) is 0 Å². The van der Waals surface area contributed by atoms with Gasteiger partial charge in [-0.15, -0.1) is 0 Å². The lowest BCUT2D eigenvalue weighted by Gasteiger charge is -2.38. The highest BCUT2D eigenvalue weighted by atomic mass is 79.9. The summed E-state index contributed by atoms with van der Waals surface area (Å²) in [5.41, 5.74) is -0.470. The highest BCUT2D eigenvalue weighted by Crippen LogP contribution is 2.41. The van der Waals surface area contributed by atoms with Gasteiger partial charge in [0, 0.05) is 5.75 Å². The molecule has 0 heterocycles. The lowest BCUT2D eigenvalue weighted by molar-refractivity contribution is 0.0508. The zero-order valence-corrected chi connectivity index (χ0v) is 12.4. The molecule has 0 aromatic rings. The number of rotatable bonds is 4. The van der Waals surface area contributed by atoms with Crippen molar-refractivity contribution in [2.24, 2.45) is 5.41 Å². The fourth-order valence-corrected chi connectivity index (χ4v) is 4.46. The van der Waals surface area contributed by atoms with E-state index in [2.05, 4.69) is 15.9 Å². The van der Waals surface area contributed by atoms with E-state index in [9.17, 15) is 13.5 Å². The summed E-state index contributed by atoms with van der Waals surface area (Å²) in [6.07, 6.45) is -0.582. The molecule has 5 heteroatoms. The molecule has 2 atom stereocenters. The molecule has 1 N–H and O–H groups in total. The summed E-state index contributed by atoms with van der Waals surface area (Å²) in [7, 11) is -3.33. The Kier molecular flexibility index (Phi) is 4.84. The van der Waals surface area contributed by atoms with E-state index in [-0.39, 0.29) is 5.75 Å². The van der Waals surface area contributed by atoms with E-state index in [4.69, 9.17) is 0 Å². The van der Waals surface area contributed by atoms with Gasteiger partial charge in [-0.3, -0.25) is 0 Å². The van der Waals surface area contributed by atoms with Crippen LogP contribution in [0.2, 0.25) is 0 Å². The molecular weight excluding hydrogens is 280 g/mol. The highest BCUT2D eigenvalue weighted by molar-refractivity contribution is 9.11. The van der Waals surface area contributed by atoms with Crippen molar-refractivity contribution in [1.82, 2.24) is 0 Å². The fourth-order valence-electron chi connectivity index (χ4n) is 1.47. The molecule has 0 spiro atoms. The van der Waals surface area contributed by atoms with Crippen LogP contribution in [0, 0.1) is 5.41 Å². The average molecular weight is 301 g/mol. The lowest BCUT2D eigenvalue weighted by Crippen LogP contribution is -2.50. The molecule has 0 saturated carbocycles. The molecule has 0 aliphatic carbocycles. The Morgan fingerprint density at radius 1 is 1.27 bits per heavy atom. The van der Waals surface area contributed by atoms with Gasteiger partial charge in [0.05, 0.1) is 6.10 Å². The van der Waals surface area contributed by atoms with Gasteiger partial charge in [0.15, 0.2) is 13.5 Å². The maximum absolute atomic E-state index is 11.9. The van der Waals surface area contributed by atoms with Crippen LogP contribution >= 0.6 is 15.9 Å². The van der Waals surface area contributed by atoms with E-state index in [1.807, 2.05) is 20.8 Å². The smallest absolute Gasteiger partial charge is 0.168 e. The molecule has 15 heavy (non-hydrogen) atoms. The number of hydrogen-bond acceptors (Lipinski definition) is 3. The Bertz CT molecular complexity index is 305. The first-order chi connectivity index (χ1) is 6.53. The van der Waals surface area contributed by atoms with Gasteiger partial charge in [-0.25, -0.2) is 8.42 Å². The van der Waals surface area contributed by atoms with E-state index >= 15 is 0 Å². The van der Waals surface area contributed by atoms with Crippen LogP contribution in [0.4, 0.5) is 0 Å². The van der Waals surface area contributed by atoms with Gasteiger partial charge in [0.2, 0.25) is 0 Å². The molecule has 0 saturated heterocycles. The van der Waals surface area contributed by atoms with E-state index in [1.165, 1.54) is 0 Å². The Morgan fingerprint density at radius 2 is 1.67 bits per heavy atom. The molecule has 0 bridgehead atoms. The number of halogens is 1. The van der Waals surface area contributed by atoms with Crippen molar-refractivity contribution in [3.63, 3.8) is 0 Å². The average Bonchev–Trinajstić information content (AvgIpc) is 2.13. The zero-order valence-electron chi connectivity index (χ0n) is 10.0. The standard InChI is InChI=1S/C10H21BrO3S/c1-6-10(11,15(13,14)7-2)8(12)9(3,4)5/h8,12H,6-7H2,1-5H3/t8-,10+/m1/s1. The molecule has 0 fully saturated rings. The minimum Gasteiger partial charge on any atom is -0.390 e. The summed E-state index contributed by atoms with van der Waals surface area (Å²) >= 11 is 3.23. The van der Waals surface area contributed by atoms with Gasteiger partial charge in [-0.2, -0.15) is 0 Å². The second-order valence-electron chi connectivity index (χ2n) is 4.81. The van der Waals surface area contributed by atoms with Crippen LogP contribution in [-0.2, 0) is 9.84 Å². The van der Waals surface area contributed by atoms with Gasteiger partial charge < -0.3 is 5.11 Å². The normalized spacial score (nSPS) is 19.7. The second kappa shape index (κ2) is 4.72. The topological polar surface area (TPSA) is 54.4 Å². The van der Waals surface area contributed by atoms with Crippen LogP contribution in [0.3, 0.4) is 0 Å². The molecule has 0 aliphatic rings. The van der Waals surface area contributed by atoms with Crippen LogP contribution in [0.15, 0.2) is 0 Å². The summed E-state index contributed by atoms with van der Waals surface area (Å²) in [5, 5.41) is 10.1. The monoisotopic (exact) mass is 300 g/mol. The van der Waals surface area contributed by atoms with Gasteiger partial charge >= 0.3 is 0 Å². The van der Waals surface area contributed by atoms with Crippen LogP contribution < -0.4 is 0 Å². The molecule has 0 radical (unpaired) electrons. The van der Waals surface area contributed by atoms with Crippen molar-refractivity contribution < 1.29 is 13.5 Å². The number of hydrogen-bond donors (Lipinski definition) is 1. The van der Waals surface area contributed by atoms with Gasteiger partial charge in [0.1, 0.15) is 0 Å². The summed E-state index contributed by atoms with van der Waals surface area (Å²) in [6.45, 7) is 8.84. The quantitative estimate of drug-likeness (QED) is 0.811. The Labute approximate surface area is 101 Å². The Morgan fingerprint density at radius 3 is 1.87 bits per heavy atom. The number of sulfone groups is 1. The highest BCUT2D eigenvalue weighted by Gasteiger charge is 2.49. The van der Waals surface area contributed by atoms with Crippen molar-refractivity contribution >= 4 is 25.8 Å². The first-order valence-corrected chi connectivity index (χ1v) is 7.56. The van der Waals surface area contributed by atoms with Crippen molar-refractivity contribution in [3.8, 4) is 0 Å². The maximum Gasteiger partial charge on any atom is 0.168 e. The maximum atomic E-state index is 11.9. The summed E-state index contributed by atoms with van der Waals surface area (Å²) in [4.78, 5) is 0. The third kappa shape index (κ3) is 2.94. The predicted molar refractivity (Wildman–Crippen MR) is 66.9 cm³/mol. The Balaban J connectivity index is 5.40. The number of aliphatic hydroxyl groups is 1. The lowest BCUT2D eigenvalue weighted by atomic mass is 9.86. The largest absolute Gasteiger partial charge is 0.390 e. The molecule has 3 nitrogen and oxygen atoms in total. The van der Waals surface area contributed by atoms with Crippen molar-refractivity contribution in [3.05, 3.63) is 0 Å². The van der Waals surface area contributed by atoms with Crippen LogP contribution in [0.25, 0.3) is 0 Å². The minimum absolute atomic E-state index is 0.0270. The van der Waals surface area contributed by atoms with Crippen LogP contribution in [0.1, 0.15) is 41.0 Å². The first-order valence-electron chi connectivity index (χ1n) is 5.12. The number of aliphatic hydroxyl groups excluding tert-OH is 1. The minimum atomic E-state index is -3.33. The van der Waals surface area contributed by atoms with Gasteiger partial charge in [0.25, 0.3) is 0 Å². The Hall–Kier alpha value is 0.390. The zero-order chi connectivity index (χ0) is 12.5. The first kappa shape index (κ1) is 15.4. The summed E-state index contributed by atoms with van der Waals surface area (Å²) in [5.74, 6) is 0.0270. The number of alkyl halides is 1. The van der Waals surface area contributed by atoms with E-state index < -0.39 is 25.0 Å². The molecule has 0 amide bonds. The second-order valence-corrected chi connectivity index (χ2v) is 9.29. The van der Waals surface area contributed by atoms with E-state index in [1.54, 1.807) is 13.8 Å². The van der Waals surface area contributed by atoms with Crippen molar-refractivity contribution in [1.29, 1.82) is 0 Å². The molecule has 92 valence electrons. The molecule has 0 unspecified atom stereocenters. The van der Waals surface area contributed by atoms with Gasteiger partial charge in [-0.1, -0.05) is 50.5 Å². The molecule has 0 aromatic heterocycles. The van der Waals surface area contributed by atoms with Crippen molar-refractivity contribution in [2.45, 2.75) is 50.8 Å². The summed E-state index contributed by atoms with van der Waals surface area (Å²) in [6, 6.07) is 0.